The molecule has 1 aliphatic heterocycles. The third-order valence-electron chi connectivity index (χ3n) is 2.44. The largest absolute Gasteiger partial charge is 0.449 e. The van der Waals surface area contributed by atoms with Crippen LogP contribution in [0.1, 0.15) is 13.3 Å². The van der Waals surface area contributed by atoms with E-state index in [2.05, 4.69) is 0 Å². The predicted molar refractivity (Wildman–Crippen MR) is 59.6 cm³/mol. The first-order valence-electron chi connectivity index (χ1n) is 5.21. The van der Waals surface area contributed by atoms with E-state index in [4.69, 9.17) is 4.74 Å². The van der Waals surface area contributed by atoms with E-state index in [0.717, 1.165) is 0 Å². The zero-order valence-electron chi connectivity index (χ0n) is 9.84. The number of hydrogen-bond acceptors (Lipinski definition) is 5. The van der Waals surface area contributed by atoms with Gasteiger partial charge in [0.1, 0.15) is 0 Å². The van der Waals surface area contributed by atoms with Gasteiger partial charge >= 0.3 is 6.09 Å². The highest BCUT2D eigenvalue weighted by molar-refractivity contribution is 7.91. The second kappa shape index (κ2) is 5.01. The fourth-order valence-electron chi connectivity index (χ4n) is 1.80. The topological polar surface area (TPSA) is 66.9 Å². The van der Waals surface area contributed by atoms with Crippen LogP contribution < -0.4 is 0 Å². The Hall–Kier alpha value is -0.820. The average molecular weight is 250 g/mol. The molecular weight excluding hydrogens is 232 g/mol. The molecule has 0 aromatic carbocycles. The third-order valence-corrected chi connectivity index (χ3v) is 4.19. The van der Waals surface area contributed by atoms with Crippen LogP contribution in [0.4, 0.5) is 4.79 Å². The van der Waals surface area contributed by atoms with Gasteiger partial charge in [-0.1, -0.05) is 0 Å². The average Bonchev–Trinajstić information content (AvgIpc) is 2.46. The van der Waals surface area contributed by atoms with Crippen molar-refractivity contribution in [2.45, 2.75) is 19.4 Å². The van der Waals surface area contributed by atoms with Gasteiger partial charge < -0.3 is 4.74 Å². The van der Waals surface area contributed by atoms with E-state index in [1.54, 1.807) is 26.0 Å². The summed E-state index contributed by atoms with van der Waals surface area (Å²) in [7, 11) is 0.394. The Bertz CT molecular complexity index is 353. The van der Waals surface area contributed by atoms with Crippen molar-refractivity contribution in [1.29, 1.82) is 0 Å². The second-order valence-corrected chi connectivity index (χ2v) is 6.18. The van der Waals surface area contributed by atoms with Crippen molar-refractivity contribution < 1.29 is 17.9 Å². The molecule has 1 saturated heterocycles. The zero-order valence-corrected chi connectivity index (χ0v) is 10.7. The molecule has 0 bridgehead atoms. The first-order chi connectivity index (χ1) is 7.37. The number of amides is 1. The summed E-state index contributed by atoms with van der Waals surface area (Å²) in [5.41, 5.74) is 0. The first-order valence-corrected chi connectivity index (χ1v) is 7.03. The molecule has 7 heteroatoms. The standard InChI is InChI=1S/C9H18N2O4S/c1-4-15-9(12)11(10(2)3)8-5-6-16(13,14)7-8/h8H,4-7H2,1-3H3/t8-/m0/s1. The van der Waals surface area contributed by atoms with Crippen molar-refractivity contribution >= 4 is 15.9 Å². The number of hydrogen-bond donors (Lipinski definition) is 0. The van der Waals surface area contributed by atoms with Gasteiger partial charge in [-0.05, 0) is 13.3 Å². The fraction of sp³-hybridized carbons (Fsp3) is 0.889. The zero-order chi connectivity index (χ0) is 12.3. The molecule has 0 spiro atoms. The Balaban J connectivity index is 2.76. The third kappa shape index (κ3) is 3.08. The van der Waals surface area contributed by atoms with Gasteiger partial charge in [0.05, 0.1) is 24.2 Å². The van der Waals surface area contributed by atoms with Crippen molar-refractivity contribution in [2.24, 2.45) is 0 Å². The molecule has 0 unspecified atom stereocenters. The second-order valence-electron chi connectivity index (χ2n) is 3.95. The number of ether oxygens (including phenoxy) is 1. The van der Waals surface area contributed by atoms with Crippen molar-refractivity contribution in [3.63, 3.8) is 0 Å². The summed E-state index contributed by atoms with van der Waals surface area (Å²) < 4.78 is 27.6. The van der Waals surface area contributed by atoms with E-state index in [1.165, 1.54) is 5.01 Å². The predicted octanol–water partition coefficient (Wildman–Crippen LogP) is 0.109. The number of rotatable bonds is 3. The van der Waals surface area contributed by atoms with Crippen LogP contribution in [0.2, 0.25) is 0 Å². The molecule has 1 heterocycles. The molecule has 16 heavy (non-hydrogen) atoms. The summed E-state index contributed by atoms with van der Waals surface area (Å²) in [6.07, 6.45) is -0.0196. The molecule has 0 N–H and O–H groups in total. The lowest BCUT2D eigenvalue weighted by molar-refractivity contribution is -0.00948. The number of carbonyl (C=O) groups excluding carboxylic acids is 1. The molecule has 1 aliphatic rings. The summed E-state index contributed by atoms with van der Waals surface area (Å²) in [5, 5.41) is 2.94. The molecule has 94 valence electrons. The number of carbonyl (C=O) groups is 1. The van der Waals surface area contributed by atoms with E-state index in [9.17, 15) is 13.2 Å². The van der Waals surface area contributed by atoms with Crippen molar-refractivity contribution in [3.05, 3.63) is 0 Å². The van der Waals surface area contributed by atoms with E-state index < -0.39 is 15.9 Å². The summed E-state index contributed by atoms with van der Waals surface area (Å²) in [6.45, 7) is 2.00. The van der Waals surface area contributed by atoms with Crippen LogP contribution in [0.25, 0.3) is 0 Å². The maximum absolute atomic E-state index is 11.6. The smallest absolute Gasteiger partial charge is 0.424 e. The minimum absolute atomic E-state index is 0.0179. The number of nitrogens with zero attached hydrogens (tertiary/aromatic N) is 2. The van der Waals surface area contributed by atoms with Crippen molar-refractivity contribution in [3.8, 4) is 0 Å². The van der Waals surface area contributed by atoms with Gasteiger partial charge in [0.15, 0.2) is 9.84 Å². The van der Waals surface area contributed by atoms with Crippen LogP contribution in [-0.2, 0) is 14.6 Å². The van der Waals surface area contributed by atoms with E-state index in [0.29, 0.717) is 6.42 Å². The Morgan fingerprint density at radius 3 is 2.44 bits per heavy atom. The highest BCUT2D eigenvalue weighted by Gasteiger charge is 2.36. The van der Waals surface area contributed by atoms with E-state index >= 15 is 0 Å². The highest BCUT2D eigenvalue weighted by Crippen LogP contribution is 2.19. The van der Waals surface area contributed by atoms with E-state index in [1.807, 2.05) is 0 Å². The number of sulfone groups is 1. The molecule has 0 aromatic rings. The molecule has 1 amide bonds. The fourth-order valence-corrected chi connectivity index (χ4v) is 3.49. The highest BCUT2D eigenvalue weighted by atomic mass is 32.2. The molecule has 6 nitrogen and oxygen atoms in total. The summed E-state index contributed by atoms with van der Waals surface area (Å²) >= 11 is 0. The Kier molecular flexibility index (Phi) is 4.15. The number of hydrazine groups is 1. The normalized spacial score (nSPS) is 23.4. The quantitative estimate of drug-likeness (QED) is 0.665. The van der Waals surface area contributed by atoms with Crippen LogP contribution in [-0.4, -0.2) is 62.8 Å². The summed E-state index contributed by atoms with van der Waals surface area (Å²) in [4.78, 5) is 11.6. The van der Waals surface area contributed by atoms with Crippen LogP contribution in [0.5, 0.6) is 0 Å². The van der Waals surface area contributed by atoms with Crippen LogP contribution in [0.3, 0.4) is 0 Å². The lowest BCUT2D eigenvalue weighted by Crippen LogP contribution is -2.49. The van der Waals surface area contributed by atoms with Gasteiger partial charge in [-0.15, -0.1) is 0 Å². The molecule has 1 fully saturated rings. The van der Waals surface area contributed by atoms with Gasteiger partial charge in [-0.25, -0.2) is 23.2 Å². The van der Waals surface area contributed by atoms with Gasteiger partial charge in [-0.3, -0.25) is 0 Å². The Labute approximate surface area is 96.0 Å². The molecule has 1 rings (SSSR count). The molecule has 0 aliphatic carbocycles. The SMILES string of the molecule is CCOC(=O)N([C@H]1CCS(=O)(=O)C1)N(C)C. The monoisotopic (exact) mass is 250 g/mol. The first kappa shape index (κ1) is 13.2. The summed E-state index contributed by atoms with van der Waals surface area (Å²) in [5.74, 6) is 0.158. The molecule has 0 saturated carbocycles. The van der Waals surface area contributed by atoms with Gasteiger partial charge in [0.2, 0.25) is 0 Å². The van der Waals surface area contributed by atoms with Gasteiger partial charge in [0.25, 0.3) is 0 Å². The van der Waals surface area contributed by atoms with Crippen LogP contribution in [0.15, 0.2) is 0 Å². The minimum atomic E-state index is -3.00. The Morgan fingerprint density at radius 1 is 1.44 bits per heavy atom. The van der Waals surface area contributed by atoms with Crippen LogP contribution in [0, 0.1) is 0 Å². The molecule has 1 atom stereocenters. The summed E-state index contributed by atoms with van der Waals surface area (Å²) in [6, 6.07) is -0.306. The minimum Gasteiger partial charge on any atom is -0.449 e. The van der Waals surface area contributed by atoms with Crippen molar-refractivity contribution in [1.82, 2.24) is 10.0 Å². The molecule has 0 radical (unpaired) electrons. The Morgan fingerprint density at radius 2 is 2.06 bits per heavy atom. The molecule has 0 aromatic heterocycles. The lowest BCUT2D eigenvalue weighted by Gasteiger charge is -2.32. The maximum Gasteiger partial charge on any atom is 0.424 e. The van der Waals surface area contributed by atoms with Crippen molar-refractivity contribution in [2.75, 3.05) is 32.2 Å². The molecular formula is C9H18N2O4S. The lowest BCUT2D eigenvalue weighted by atomic mass is 10.2. The van der Waals surface area contributed by atoms with E-state index in [-0.39, 0.29) is 24.2 Å². The maximum atomic E-state index is 11.6. The van der Waals surface area contributed by atoms with Crippen LogP contribution >= 0.6 is 0 Å². The van der Waals surface area contributed by atoms with Gasteiger partial charge in [0, 0.05) is 14.1 Å². The van der Waals surface area contributed by atoms with Gasteiger partial charge in [-0.2, -0.15) is 0 Å².